The molecule has 0 aliphatic carbocycles. The molecule has 1 amide bonds. The van der Waals surface area contributed by atoms with Gasteiger partial charge in [-0.25, -0.2) is 4.98 Å². The summed E-state index contributed by atoms with van der Waals surface area (Å²) >= 11 is 1.42. The van der Waals surface area contributed by atoms with Crippen molar-refractivity contribution >= 4 is 34.0 Å². The molecule has 0 radical (unpaired) electrons. The van der Waals surface area contributed by atoms with Crippen LogP contribution in [-0.4, -0.2) is 10.9 Å². The van der Waals surface area contributed by atoms with Gasteiger partial charge in [0, 0.05) is 11.3 Å². The lowest BCUT2D eigenvalue weighted by atomic mass is 9.98. The summed E-state index contributed by atoms with van der Waals surface area (Å²) in [4.78, 5) is 17.5. The molecular weight excluding hydrogens is 356 g/mol. The molecule has 1 atom stereocenters. The first kappa shape index (κ1) is 17.5. The zero-order valence-electron chi connectivity index (χ0n) is 15.2. The van der Waals surface area contributed by atoms with Crippen LogP contribution in [0.2, 0.25) is 0 Å². The number of benzene rings is 2. The number of fused-ring (bicyclic) bond motifs is 1. The number of carbonyl (C=O) groups is 1. The van der Waals surface area contributed by atoms with E-state index in [9.17, 15) is 4.79 Å². The van der Waals surface area contributed by atoms with Gasteiger partial charge in [0.2, 0.25) is 5.89 Å². The van der Waals surface area contributed by atoms with Crippen LogP contribution in [0.15, 0.2) is 64.4 Å². The Labute approximate surface area is 161 Å². The second-order valence-electron chi connectivity index (χ2n) is 6.56. The van der Waals surface area contributed by atoms with E-state index in [1.807, 2.05) is 41.8 Å². The van der Waals surface area contributed by atoms with Crippen molar-refractivity contribution in [3.05, 3.63) is 70.4 Å². The minimum Gasteiger partial charge on any atom is -0.436 e. The molecule has 0 saturated heterocycles. The van der Waals surface area contributed by atoms with Crippen LogP contribution >= 0.6 is 11.3 Å². The van der Waals surface area contributed by atoms with E-state index in [4.69, 9.17) is 4.42 Å². The van der Waals surface area contributed by atoms with E-state index < -0.39 is 0 Å². The number of anilines is 1. The molecular formula is C22H20N2O2S. The van der Waals surface area contributed by atoms with Gasteiger partial charge in [-0.3, -0.25) is 4.79 Å². The third kappa shape index (κ3) is 3.64. The van der Waals surface area contributed by atoms with Gasteiger partial charge in [0.05, 0.1) is 4.88 Å². The Balaban J connectivity index is 1.55. The van der Waals surface area contributed by atoms with E-state index in [0.717, 1.165) is 28.8 Å². The molecule has 0 bridgehead atoms. The van der Waals surface area contributed by atoms with Crippen molar-refractivity contribution < 1.29 is 9.21 Å². The van der Waals surface area contributed by atoms with Gasteiger partial charge in [-0.05, 0) is 65.7 Å². The van der Waals surface area contributed by atoms with Crippen LogP contribution in [0, 0.1) is 0 Å². The van der Waals surface area contributed by atoms with Crippen LogP contribution in [0.4, 0.5) is 5.69 Å². The lowest BCUT2D eigenvalue weighted by Gasteiger charge is -2.07. The van der Waals surface area contributed by atoms with Crippen LogP contribution in [0.1, 0.15) is 41.4 Å². The van der Waals surface area contributed by atoms with Crippen LogP contribution in [0.25, 0.3) is 22.6 Å². The predicted octanol–water partition coefficient (Wildman–Crippen LogP) is 6.32. The Bertz CT molecular complexity index is 1070. The average molecular weight is 376 g/mol. The highest BCUT2D eigenvalue weighted by molar-refractivity contribution is 7.12. The fourth-order valence-corrected chi connectivity index (χ4v) is 3.53. The summed E-state index contributed by atoms with van der Waals surface area (Å²) in [6.45, 7) is 4.40. The quantitative estimate of drug-likeness (QED) is 0.443. The Morgan fingerprint density at radius 2 is 2.00 bits per heavy atom. The number of oxazole rings is 1. The minimum atomic E-state index is -0.0998. The number of nitrogens with zero attached hydrogens (tertiary/aromatic N) is 1. The van der Waals surface area contributed by atoms with E-state index in [1.165, 1.54) is 16.9 Å². The van der Waals surface area contributed by atoms with Crippen molar-refractivity contribution in [2.24, 2.45) is 0 Å². The number of hydrogen-bond donors (Lipinski definition) is 1. The monoisotopic (exact) mass is 376 g/mol. The Morgan fingerprint density at radius 1 is 1.19 bits per heavy atom. The lowest BCUT2D eigenvalue weighted by molar-refractivity contribution is 0.103. The molecule has 0 unspecified atom stereocenters. The molecule has 0 spiro atoms. The first-order valence-electron chi connectivity index (χ1n) is 9.00. The van der Waals surface area contributed by atoms with Gasteiger partial charge in [0.1, 0.15) is 5.52 Å². The highest BCUT2D eigenvalue weighted by atomic mass is 32.1. The summed E-state index contributed by atoms with van der Waals surface area (Å²) in [6.07, 6.45) is 1.09. The third-order valence-corrected chi connectivity index (χ3v) is 5.60. The second-order valence-corrected chi connectivity index (χ2v) is 7.51. The number of hydrogen-bond acceptors (Lipinski definition) is 4. The van der Waals surface area contributed by atoms with Gasteiger partial charge in [0.15, 0.2) is 5.58 Å². The summed E-state index contributed by atoms with van der Waals surface area (Å²) in [5.41, 5.74) is 4.55. The number of rotatable bonds is 5. The van der Waals surface area contributed by atoms with Crippen LogP contribution in [0.5, 0.6) is 0 Å². The second kappa shape index (κ2) is 7.37. The van der Waals surface area contributed by atoms with Gasteiger partial charge in [0.25, 0.3) is 5.91 Å². The average Bonchev–Trinajstić information content (AvgIpc) is 3.37. The predicted molar refractivity (Wildman–Crippen MR) is 110 cm³/mol. The molecule has 2 heterocycles. The molecule has 5 heteroatoms. The van der Waals surface area contributed by atoms with E-state index in [2.05, 4.69) is 36.3 Å². The van der Waals surface area contributed by atoms with Crippen LogP contribution < -0.4 is 5.32 Å². The molecule has 4 nitrogen and oxygen atoms in total. The summed E-state index contributed by atoms with van der Waals surface area (Å²) in [5, 5.41) is 4.78. The summed E-state index contributed by atoms with van der Waals surface area (Å²) < 4.78 is 5.91. The minimum absolute atomic E-state index is 0.0998. The molecule has 136 valence electrons. The highest BCUT2D eigenvalue weighted by Gasteiger charge is 2.12. The maximum atomic E-state index is 12.1. The van der Waals surface area contributed by atoms with Crippen molar-refractivity contribution in [3.8, 4) is 11.5 Å². The molecule has 4 rings (SSSR count). The molecule has 2 aromatic heterocycles. The largest absolute Gasteiger partial charge is 0.436 e. The van der Waals surface area contributed by atoms with Crippen molar-refractivity contribution in [1.82, 2.24) is 4.98 Å². The van der Waals surface area contributed by atoms with Crippen molar-refractivity contribution in [3.63, 3.8) is 0 Å². The van der Waals surface area contributed by atoms with E-state index in [-0.39, 0.29) is 5.91 Å². The third-order valence-electron chi connectivity index (χ3n) is 4.73. The zero-order valence-corrected chi connectivity index (χ0v) is 16.0. The standard InChI is InChI=1S/C22H20N2O2S/c1-3-14(2)16-8-11-19-18(13-16)24-22(26-19)15-6-9-17(10-7-15)23-21(25)20-5-4-12-27-20/h4-14H,3H2,1-2H3,(H,23,25)/t14-/m0/s1. The normalized spacial score (nSPS) is 12.2. The summed E-state index contributed by atoms with van der Waals surface area (Å²) in [7, 11) is 0. The first-order chi connectivity index (χ1) is 13.1. The Kier molecular flexibility index (Phi) is 4.77. The number of amides is 1. The highest BCUT2D eigenvalue weighted by Crippen LogP contribution is 2.28. The molecule has 0 aliphatic rings. The van der Waals surface area contributed by atoms with Gasteiger partial charge in [-0.1, -0.05) is 26.0 Å². The van der Waals surface area contributed by atoms with E-state index >= 15 is 0 Å². The topological polar surface area (TPSA) is 55.1 Å². The fourth-order valence-electron chi connectivity index (χ4n) is 2.91. The number of thiophene rings is 1. The molecule has 0 aliphatic heterocycles. The summed E-state index contributed by atoms with van der Waals surface area (Å²) in [5.74, 6) is 0.986. The number of nitrogens with one attached hydrogen (secondary N) is 1. The molecule has 27 heavy (non-hydrogen) atoms. The van der Waals surface area contributed by atoms with Crippen molar-refractivity contribution in [2.45, 2.75) is 26.2 Å². The molecule has 2 aromatic carbocycles. The zero-order chi connectivity index (χ0) is 18.8. The molecule has 4 aromatic rings. The van der Waals surface area contributed by atoms with Crippen LogP contribution in [0.3, 0.4) is 0 Å². The molecule has 0 saturated carbocycles. The van der Waals surface area contributed by atoms with E-state index in [0.29, 0.717) is 16.7 Å². The lowest BCUT2D eigenvalue weighted by Crippen LogP contribution is -2.09. The molecule has 0 fully saturated rings. The van der Waals surface area contributed by atoms with Crippen LogP contribution in [-0.2, 0) is 0 Å². The Morgan fingerprint density at radius 3 is 2.70 bits per heavy atom. The van der Waals surface area contributed by atoms with Gasteiger partial charge < -0.3 is 9.73 Å². The van der Waals surface area contributed by atoms with E-state index in [1.54, 1.807) is 6.07 Å². The first-order valence-corrected chi connectivity index (χ1v) is 9.88. The van der Waals surface area contributed by atoms with Gasteiger partial charge >= 0.3 is 0 Å². The maximum absolute atomic E-state index is 12.1. The number of carbonyl (C=O) groups excluding carboxylic acids is 1. The van der Waals surface area contributed by atoms with Crippen molar-refractivity contribution in [2.75, 3.05) is 5.32 Å². The fraction of sp³-hybridized carbons (Fsp3) is 0.182. The van der Waals surface area contributed by atoms with Crippen molar-refractivity contribution in [1.29, 1.82) is 0 Å². The smallest absolute Gasteiger partial charge is 0.265 e. The van der Waals surface area contributed by atoms with Gasteiger partial charge in [-0.2, -0.15) is 0 Å². The van der Waals surface area contributed by atoms with Gasteiger partial charge in [-0.15, -0.1) is 11.3 Å². The molecule has 1 N–H and O–H groups in total. The summed E-state index contributed by atoms with van der Waals surface area (Å²) in [6, 6.07) is 17.4. The number of aromatic nitrogens is 1. The Hall–Kier alpha value is -2.92. The SMILES string of the molecule is CC[C@H](C)c1ccc2oc(-c3ccc(NC(=O)c4cccs4)cc3)nc2c1. The maximum Gasteiger partial charge on any atom is 0.265 e.